The molecule has 2 amide bonds. The number of aromatic nitrogens is 3. The average Bonchev–Trinajstić information content (AvgIpc) is 3.53. The summed E-state index contributed by atoms with van der Waals surface area (Å²) in [7, 11) is 1.31. The summed E-state index contributed by atoms with van der Waals surface area (Å²) in [5.41, 5.74) is 0.921. The Morgan fingerprint density at radius 1 is 1.24 bits per heavy atom. The lowest BCUT2D eigenvalue weighted by Gasteiger charge is -2.29. The van der Waals surface area contributed by atoms with Gasteiger partial charge in [-0.1, -0.05) is 5.16 Å². The number of rotatable bonds is 5. The smallest absolute Gasteiger partial charge is 0.410 e. The second-order valence-corrected chi connectivity index (χ2v) is 9.04. The van der Waals surface area contributed by atoms with Gasteiger partial charge in [-0.25, -0.2) is 14.6 Å². The number of amides is 2. The van der Waals surface area contributed by atoms with Crippen molar-refractivity contribution in [2.75, 3.05) is 19.0 Å². The topological polar surface area (TPSA) is 129 Å². The van der Waals surface area contributed by atoms with E-state index < -0.39 is 17.5 Å². The number of nitrogens with one attached hydrogen (secondary N) is 1. The van der Waals surface area contributed by atoms with Crippen LogP contribution in [0, 0.1) is 0 Å². The highest BCUT2D eigenvalue weighted by Crippen LogP contribution is 2.27. The first-order valence-electron chi connectivity index (χ1n) is 11.0. The first kappa shape index (κ1) is 23.3. The molecule has 1 aliphatic rings. The third-order valence-corrected chi connectivity index (χ3v) is 5.45. The second-order valence-electron chi connectivity index (χ2n) is 9.04. The molecule has 1 N–H and O–H groups in total. The Balaban J connectivity index is 1.68. The lowest BCUT2D eigenvalue weighted by Crippen LogP contribution is -2.41. The highest BCUT2D eigenvalue weighted by atomic mass is 16.6. The largest absolute Gasteiger partial charge is 0.465 e. The molecule has 1 fully saturated rings. The quantitative estimate of drug-likeness (QED) is 0.563. The van der Waals surface area contributed by atoms with E-state index in [0.29, 0.717) is 29.7 Å². The minimum absolute atomic E-state index is 0.0325. The van der Waals surface area contributed by atoms with Crippen LogP contribution in [-0.2, 0) is 16.0 Å². The molecule has 0 bridgehead atoms. The van der Waals surface area contributed by atoms with Crippen LogP contribution in [0.5, 0.6) is 0 Å². The summed E-state index contributed by atoms with van der Waals surface area (Å²) in [6, 6.07) is 6.26. The van der Waals surface area contributed by atoms with Crippen LogP contribution < -0.4 is 5.32 Å². The number of carbonyl (C=O) groups is 3. The minimum atomic E-state index is -0.605. The number of ether oxygens (including phenoxy) is 2. The zero-order chi connectivity index (χ0) is 24.5. The number of fused-ring (bicyclic) bond motifs is 1. The molecule has 4 rings (SSSR count). The number of methoxy groups -OCH3 is 1. The third kappa shape index (κ3) is 4.87. The van der Waals surface area contributed by atoms with Gasteiger partial charge in [-0.15, -0.1) is 0 Å². The van der Waals surface area contributed by atoms with E-state index >= 15 is 0 Å². The van der Waals surface area contributed by atoms with E-state index in [-0.39, 0.29) is 23.8 Å². The van der Waals surface area contributed by atoms with Gasteiger partial charge in [-0.2, -0.15) is 0 Å². The van der Waals surface area contributed by atoms with Crippen LogP contribution in [-0.4, -0.2) is 62.9 Å². The molecular formula is C23H27N5O6. The number of imidazole rings is 1. The summed E-state index contributed by atoms with van der Waals surface area (Å²) in [5, 5.41) is 6.31. The van der Waals surface area contributed by atoms with Crippen LogP contribution in [0.15, 0.2) is 35.0 Å². The predicted molar refractivity (Wildman–Crippen MR) is 121 cm³/mol. The molecule has 3 aromatic rings. The molecule has 0 radical (unpaired) electrons. The average molecular weight is 469 g/mol. The first-order valence-corrected chi connectivity index (χ1v) is 11.0. The summed E-state index contributed by atoms with van der Waals surface area (Å²) in [6.45, 7) is 6.44. The fourth-order valence-corrected chi connectivity index (χ4v) is 3.95. The SMILES string of the molecule is COC(=O)c1ccc2c(c1)nc(NC(=O)c1ccno1)n2C[C@H]1CCCN1C(=O)OC(C)(C)C. The number of likely N-dealkylation sites (tertiary alicyclic amines) is 1. The van der Waals surface area contributed by atoms with Crippen molar-refractivity contribution in [2.24, 2.45) is 0 Å². The summed E-state index contributed by atoms with van der Waals surface area (Å²) < 4.78 is 17.1. The normalized spacial score (nSPS) is 16.0. The van der Waals surface area contributed by atoms with Crippen molar-refractivity contribution >= 4 is 35.0 Å². The lowest BCUT2D eigenvalue weighted by atomic mass is 10.2. The summed E-state index contributed by atoms with van der Waals surface area (Å²) in [4.78, 5) is 43.6. The van der Waals surface area contributed by atoms with E-state index in [2.05, 4.69) is 15.5 Å². The van der Waals surface area contributed by atoms with Crippen molar-refractivity contribution in [3.63, 3.8) is 0 Å². The maximum absolute atomic E-state index is 12.8. The number of esters is 1. The maximum atomic E-state index is 12.8. The molecule has 1 aromatic carbocycles. The van der Waals surface area contributed by atoms with Crippen molar-refractivity contribution in [2.45, 2.75) is 51.8 Å². The summed E-state index contributed by atoms with van der Waals surface area (Å²) >= 11 is 0. The molecule has 34 heavy (non-hydrogen) atoms. The number of hydrogen-bond donors (Lipinski definition) is 1. The molecule has 2 aromatic heterocycles. The Kier molecular flexibility index (Phi) is 6.27. The van der Waals surface area contributed by atoms with Gasteiger partial charge in [0.2, 0.25) is 11.7 Å². The Bertz CT molecular complexity index is 1210. The molecule has 0 unspecified atom stereocenters. The van der Waals surface area contributed by atoms with Gasteiger partial charge in [0.25, 0.3) is 5.91 Å². The molecule has 0 saturated carbocycles. The van der Waals surface area contributed by atoms with E-state index in [1.165, 1.54) is 19.4 Å². The van der Waals surface area contributed by atoms with Crippen molar-refractivity contribution in [3.05, 3.63) is 41.8 Å². The monoisotopic (exact) mass is 469 g/mol. The zero-order valence-electron chi connectivity index (χ0n) is 19.5. The number of benzene rings is 1. The zero-order valence-corrected chi connectivity index (χ0v) is 19.5. The van der Waals surface area contributed by atoms with Gasteiger partial charge in [0.05, 0.1) is 35.9 Å². The van der Waals surface area contributed by atoms with Crippen molar-refractivity contribution in [1.29, 1.82) is 0 Å². The van der Waals surface area contributed by atoms with E-state index in [1.807, 2.05) is 25.3 Å². The van der Waals surface area contributed by atoms with Gasteiger partial charge in [-0.3, -0.25) is 10.1 Å². The molecule has 11 heteroatoms. The van der Waals surface area contributed by atoms with Crippen LogP contribution >= 0.6 is 0 Å². The van der Waals surface area contributed by atoms with E-state index in [4.69, 9.17) is 14.0 Å². The number of carbonyl (C=O) groups excluding carboxylic acids is 3. The van der Waals surface area contributed by atoms with Gasteiger partial charge in [0.15, 0.2) is 0 Å². The second kappa shape index (κ2) is 9.16. The van der Waals surface area contributed by atoms with Gasteiger partial charge in [0, 0.05) is 19.2 Å². The van der Waals surface area contributed by atoms with Gasteiger partial charge in [-0.05, 0) is 51.8 Å². The Labute approximate surface area is 196 Å². The van der Waals surface area contributed by atoms with Crippen molar-refractivity contribution < 1.29 is 28.4 Å². The van der Waals surface area contributed by atoms with Gasteiger partial charge < -0.3 is 23.5 Å². The minimum Gasteiger partial charge on any atom is -0.465 e. The van der Waals surface area contributed by atoms with Crippen LogP contribution in [0.4, 0.5) is 10.7 Å². The van der Waals surface area contributed by atoms with E-state index in [0.717, 1.165) is 12.8 Å². The molecule has 1 saturated heterocycles. The van der Waals surface area contributed by atoms with E-state index in [1.54, 1.807) is 23.1 Å². The molecule has 3 heterocycles. The molecular weight excluding hydrogens is 442 g/mol. The Hall–Kier alpha value is -3.89. The fourth-order valence-electron chi connectivity index (χ4n) is 3.95. The van der Waals surface area contributed by atoms with Gasteiger partial charge >= 0.3 is 12.1 Å². The first-order chi connectivity index (χ1) is 16.2. The van der Waals surface area contributed by atoms with Crippen molar-refractivity contribution in [3.8, 4) is 0 Å². The van der Waals surface area contributed by atoms with Crippen LogP contribution in [0.2, 0.25) is 0 Å². The third-order valence-electron chi connectivity index (χ3n) is 5.45. The van der Waals surface area contributed by atoms with E-state index in [9.17, 15) is 14.4 Å². The number of anilines is 1. The summed E-state index contributed by atoms with van der Waals surface area (Å²) in [5.74, 6) is -0.715. The van der Waals surface area contributed by atoms with Crippen LogP contribution in [0.25, 0.3) is 11.0 Å². The van der Waals surface area contributed by atoms with Crippen LogP contribution in [0.1, 0.15) is 54.5 Å². The molecule has 180 valence electrons. The molecule has 0 aliphatic carbocycles. The summed E-state index contributed by atoms with van der Waals surface area (Å²) in [6.07, 6.45) is 2.61. The molecule has 11 nitrogen and oxygen atoms in total. The standard InChI is InChI=1S/C23H27N5O6/c1-23(2,3)33-22(31)27-11-5-6-15(27)13-28-17-8-7-14(20(30)32-4)12-16(17)25-21(28)26-19(29)18-9-10-24-34-18/h7-10,12,15H,5-6,11,13H2,1-4H3,(H,25,26,29)/t15-/m1/s1. The van der Waals surface area contributed by atoms with Crippen LogP contribution in [0.3, 0.4) is 0 Å². The highest BCUT2D eigenvalue weighted by Gasteiger charge is 2.33. The molecule has 1 atom stereocenters. The maximum Gasteiger partial charge on any atom is 0.410 e. The fraction of sp³-hybridized carbons (Fsp3) is 0.435. The molecule has 1 aliphatic heterocycles. The number of nitrogens with zero attached hydrogens (tertiary/aromatic N) is 4. The highest BCUT2D eigenvalue weighted by molar-refractivity contribution is 6.02. The number of hydrogen-bond acceptors (Lipinski definition) is 8. The Morgan fingerprint density at radius 2 is 2.03 bits per heavy atom. The Morgan fingerprint density at radius 3 is 2.71 bits per heavy atom. The predicted octanol–water partition coefficient (Wildman–Crippen LogP) is 3.46. The lowest BCUT2D eigenvalue weighted by molar-refractivity contribution is 0.0214. The van der Waals surface area contributed by atoms with Gasteiger partial charge in [0.1, 0.15) is 5.60 Å². The molecule has 0 spiro atoms. The van der Waals surface area contributed by atoms with Crippen molar-refractivity contribution in [1.82, 2.24) is 19.6 Å².